The lowest BCUT2D eigenvalue weighted by Gasteiger charge is -2.21. The number of Topliss-reactive ketones (excluding diaryl/α,β-unsaturated/α-hetero) is 1. The molecule has 1 saturated heterocycles. The highest BCUT2D eigenvalue weighted by molar-refractivity contribution is 6.46. The van der Waals surface area contributed by atoms with Gasteiger partial charge in [-0.3, -0.25) is 9.59 Å². The third kappa shape index (κ3) is 3.22. The quantitative estimate of drug-likeness (QED) is 0.488. The van der Waals surface area contributed by atoms with E-state index in [0.29, 0.717) is 17.1 Å². The summed E-state index contributed by atoms with van der Waals surface area (Å²) in [5, 5.41) is 10.9. The normalized spacial score (nSPS) is 18.4. The van der Waals surface area contributed by atoms with Gasteiger partial charge in [-0.05, 0) is 35.7 Å². The Morgan fingerprint density at radius 1 is 1.04 bits per heavy atom. The molecule has 0 spiro atoms. The average molecular weight is 381 g/mol. The number of likely N-dealkylation sites (N-methyl/N-ethyl adjacent to an activating group) is 1. The number of methoxy groups -OCH3 is 2. The van der Waals surface area contributed by atoms with Crippen molar-refractivity contribution in [1.82, 2.24) is 4.90 Å². The minimum absolute atomic E-state index is 0.0592. The summed E-state index contributed by atoms with van der Waals surface area (Å²) in [7, 11) is 4.56. The van der Waals surface area contributed by atoms with Crippen molar-refractivity contribution in [1.29, 1.82) is 0 Å². The molecule has 0 saturated carbocycles. The van der Waals surface area contributed by atoms with Crippen LogP contribution in [0.25, 0.3) is 5.76 Å². The van der Waals surface area contributed by atoms with Crippen LogP contribution < -0.4 is 9.47 Å². The van der Waals surface area contributed by atoms with Crippen molar-refractivity contribution in [3.05, 3.63) is 64.7 Å². The maximum absolute atomic E-state index is 12.6. The molecular weight excluding hydrogens is 358 g/mol. The third-order valence-electron chi connectivity index (χ3n) is 5.04. The molecule has 1 fully saturated rings. The number of aliphatic hydroxyl groups excluding tert-OH is 1. The van der Waals surface area contributed by atoms with Gasteiger partial charge in [0, 0.05) is 12.6 Å². The molecule has 1 atom stereocenters. The van der Waals surface area contributed by atoms with E-state index in [9.17, 15) is 14.7 Å². The van der Waals surface area contributed by atoms with Crippen LogP contribution in [0, 0.1) is 0 Å². The first-order valence-electron chi connectivity index (χ1n) is 8.98. The lowest BCUT2D eigenvalue weighted by molar-refractivity contribution is -0.139. The molecule has 1 amide bonds. The first-order valence-corrected chi connectivity index (χ1v) is 8.98. The van der Waals surface area contributed by atoms with Gasteiger partial charge in [-0.2, -0.15) is 0 Å². The van der Waals surface area contributed by atoms with Crippen molar-refractivity contribution >= 4 is 17.4 Å². The van der Waals surface area contributed by atoms with Crippen molar-refractivity contribution in [3.8, 4) is 11.5 Å². The van der Waals surface area contributed by atoms with Crippen molar-refractivity contribution in [2.75, 3.05) is 21.3 Å². The molecule has 0 unspecified atom stereocenters. The van der Waals surface area contributed by atoms with E-state index in [0.717, 1.165) is 17.5 Å². The number of hydrogen-bond acceptors (Lipinski definition) is 5. The highest BCUT2D eigenvalue weighted by atomic mass is 16.5. The lowest BCUT2D eigenvalue weighted by Crippen LogP contribution is -2.24. The highest BCUT2D eigenvalue weighted by Crippen LogP contribution is 2.39. The molecule has 3 rings (SSSR count). The zero-order valence-electron chi connectivity index (χ0n) is 16.4. The molecule has 1 heterocycles. The maximum Gasteiger partial charge on any atom is 0.295 e. The summed E-state index contributed by atoms with van der Waals surface area (Å²) in [6.45, 7) is 2.05. The van der Waals surface area contributed by atoms with Gasteiger partial charge in [0.2, 0.25) is 0 Å². The van der Waals surface area contributed by atoms with Gasteiger partial charge in [0.15, 0.2) is 11.5 Å². The second-order valence-corrected chi connectivity index (χ2v) is 6.57. The van der Waals surface area contributed by atoms with Gasteiger partial charge in [0.1, 0.15) is 5.76 Å². The Labute approximate surface area is 164 Å². The van der Waals surface area contributed by atoms with Crippen LogP contribution >= 0.6 is 0 Å². The van der Waals surface area contributed by atoms with E-state index in [1.807, 2.05) is 24.3 Å². The molecule has 0 radical (unpaired) electrons. The molecule has 0 bridgehead atoms. The summed E-state index contributed by atoms with van der Waals surface area (Å²) in [5.41, 5.74) is 2.35. The van der Waals surface area contributed by atoms with Gasteiger partial charge in [-0.1, -0.05) is 31.2 Å². The van der Waals surface area contributed by atoms with Crippen molar-refractivity contribution in [2.24, 2.45) is 0 Å². The van der Waals surface area contributed by atoms with Gasteiger partial charge in [0.05, 0.1) is 25.8 Å². The zero-order chi connectivity index (χ0) is 20.4. The average Bonchev–Trinajstić information content (AvgIpc) is 2.96. The van der Waals surface area contributed by atoms with Gasteiger partial charge in [-0.25, -0.2) is 0 Å². The number of carbonyl (C=O) groups is 2. The summed E-state index contributed by atoms with van der Waals surface area (Å²) in [6, 6.07) is 11.9. The number of likely N-dealkylation sites (tertiary alicyclic amines) is 1. The Kier molecular flexibility index (Phi) is 5.40. The van der Waals surface area contributed by atoms with Crippen LogP contribution in [0.4, 0.5) is 0 Å². The number of carbonyl (C=O) groups excluding carboxylic acids is 2. The molecule has 2 aromatic rings. The minimum Gasteiger partial charge on any atom is -0.507 e. The number of hydrogen-bond donors (Lipinski definition) is 1. The summed E-state index contributed by atoms with van der Waals surface area (Å²) >= 11 is 0. The minimum atomic E-state index is -0.709. The Hall–Kier alpha value is -3.28. The summed E-state index contributed by atoms with van der Waals surface area (Å²) in [4.78, 5) is 26.4. The standard InChI is InChI=1S/C22H23NO5/c1-5-13-6-8-14(9-7-13)19-18(21(25)22(26)23(19)2)20(24)15-10-11-16(27-3)17(12-15)28-4/h6-12,19,24H,5H2,1-4H3/t19-/m0/s1. The number of aryl methyl sites for hydroxylation is 1. The second-order valence-electron chi connectivity index (χ2n) is 6.57. The zero-order valence-corrected chi connectivity index (χ0v) is 16.4. The Balaban J connectivity index is 2.14. The lowest BCUT2D eigenvalue weighted by atomic mass is 9.94. The Morgan fingerprint density at radius 3 is 2.25 bits per heavy atom. The van der Waals surface area contributed by atoms with E-state index >= 15 is 0 Å². The predicted molar refractivity (Wildman–Crippen MR) is 105 cm³/mol. The SMILES string of the molecule is CCc1ccc([C@H]2C(=C(O)c3ccc(OC)c(OC)c3)C(=O)C(=O)N2C)cc1. The summed E-state index contributed by atoms with van der Waals surface area (Å²) < 4.78 is 10.5. The smallest absolute Gasteiger partial charge is 0.295 e. The summed E-state index contributed by atoms with van der Waals surface area (Å²) in [6.07, 6.45) is 0.887. The predicted octanol–water partition coefficient (Wildman–Crippen LogP) is 3.32. The van der Waals surface area contributed by atoms with Gasteiger partial charge >= 0.3 is 0 Å². The molecule has 1 aliphatic heterocycles. The highest BCUT2D eigenvalue weighted by Gasteiger charge is 2.44. The molecule has 1 aliphatic rings. The second kappa shape index (κ2) is 7.76. The van der Waals surface area contributed by atoms with Gasteiger partial charge < -0.3 is 19.5 Å². The number of ether oxygens (including phenoxy) is 2. The van der Waals surface area contributed by atoms with Crippen molar-refractivity contribution < 1.29 is 24.2 Å². The van der Waals surface area contributed by atoms with Crippen LogP contribution in [-0.2, 0) is 16.0 Å². The fraction of sp³-hybridized carbons (Fsp3) is 0.273. The van der Waals surface area contributed by atoms with Crippen molar-refractivity contribution in [2.45, 2.75) is 19.4 Å². The molecule has 0 aliphatic carbocycles. The third-order valence-corrected chi connectivity index (χ3v) is 5.04. The van der Waals surface area contributed by atoms with Crippen molar-refractivity contribution in [3.63, 3.8) is 0 Å². The molecular formula is C22H23NO5. The fourth-order valence-electron chi connectivity index (χ4n) is 3.41. The Bertz CT molecular complexity index is 946. The van der Waals surface area contributed by atoms with Crippen LogP contribution in [0.3, 0.4) is 0 Å². The molecule has 28 heavy (non-hydrogen) atoms. The van der Waals surface area contributed by atoms with E-state index in [4.69, 9.17) is 9.47 Å². The molecule has 6 heteroatoms. The number of benzene rings is 2. The van der Waals surface area contributed by atoms with E-state index in [2.05, 4.69) is 6.92 Å². The van der Waals surface area contributed by atoms with E-state index in [1.165, 1.54) is 19.1 Å². The number of rotatable bonds is 5. The summed E-state index contributed by atoms with van der Waals surface area (Å²) in [5.74, 6) is -0.679. The van der Waals surface area contributed by atoms with Crippen LogP contribution in [0.2, 0.25) is 0 Å². The van der Waals surface area contributed by atoms with E-state index in [1.54, 1.807) is 25.2 Å². The number of aliphatic hydroxyl groups is 1. The number of ketones is 1. The van der Waals surface area contributed by atoms with Crippen LogP contribution in [-0.4, -0.2) is 43.0 Å². The molecule has 1 N–H and O–H groups in total. The first-order chi connectivity index (χ1) is 13.4. The Morgan fingerprint density at radius 2 is 1.68 bits per heavy atom. The molecule has 0 aromatic heterocycles. The first kappa shape index (κ1) is 19.5. The molecule has 6 nitrogen and oxygen atoms in total. The number of nitrogens with zero attached hydrogens (tertiary/aromatic N) is 1. The topological polar surface area (TPSA) is 76.1 Å². The van der Waals surface area contributed by atoms with E-state index in [-0.39, 0.29) is 11.3 Å². The van der Waals surface area contributed by atoms with Gasteiger partial charge in [0.25, 0.3) is 11.7 Å². The van der Waals surface area contributed by atoms with Crippen LogP contribution in [0.1, 0.15) is 29.7 Å². The largest absolute Gasteiger partial charge is 0.507 e. The van der Waals surface area contributed by atoms with Gasteiger partial charge in [-0.15, -0.1) is 0 Å². The molecule has 146 valence electrons. The van der Waals surface area contributed by atoms with Crippen LogP contribution in [0.15, 0.2) is 48.0 Å². The fourth-order valence-corrected chi connectivity index (χ4v) is 3.41. The van der Waals surface area contributed by atoms with E-state index < -0.39 is 17.7 Å². The maximum atomic E-state index is 12.6. The van der Waals surface area contributed by atoms with Crippen LogP contribution in [0.5, 0.6) is 11.5 Å². The number of amides is 1. The molecule has 2 aromatic carbocycles. The monoisotopic (exact) mass is 381 g/mol.